The van der Waals surface area contributed by atoms with Gasteiger partial charge in [0.25, 0.3) is 0 Å². The number of hydrogen-bond acceptors (Lipinski definition) is 5. The molecule has 0 saturated heterocycles. The van der Waals surface area contributed by atoms with Crippen LogP contribution in [-0.4, -0.2) is 29.9 Å². The van der Waals surface area contributed by atoms with Crippen molar-refractivity contribution in [2.75, 3.05) is 14.2 Å². The number of fused-ring (bicyclic) bond motifs is 1. The second-order valence-corrected chi connectivity index (χ2v) is 5.93. The molecule has 1 aromatic carbocycles. The van der Waals surface area contributed by atoms with E-state index in [9.17, 15) is 4.79 Å². The largest absolute Gasteiger partial charge is 0.496 e. The van der Waals surface area contributed by atoms with Crippen molar-refractivity contribution in [2.45, 2.75) is 0 Å². The molecule has 0 bridgehead atoms. The van der Waals surface area contributed by atoms with Gasteiger partial charge in [-0.25, -0.2) is 4.98 Å². The van der Waals surface area contributed by atoms with Crippen molar-refractivity contribution >= 4 is 38.5 Å². The smallest absolute Gasteiger partial charge is 0.194 e. The Morgan fingerprint density at radius 1 is 1.29 bits per heavy atom. The summed E-state index contributed by atoms with van der Waals surface area (Å²) < 4.78 is 13.2. The summed E-state index contributed by atoms with van der Waals surface area (Å²) in [4.78, 5) is 16.7. The van der Waals surface area contributed by atoms with E-state index in [0.29, 0.717) is 22.9 Å². The predicted molar refractivity (Wildman–Crippen MR) is 84.7 cm³/mol. The highest BCUT2D eigenvalue weighted by molar-refractivity contribution is 9.10. The molecule has 0 spiro atoms. The van der Waals surface area contributed by atoms with E-state index < -0.39 is 0 Å². The summed E-state index contributed by atoms with van der Waals surface area (Å²) in [5.74, 6) is 1.26. The van der Waals surface area contributed by atoms with Gasteiger partial charge >= 0.3 is 0 Å². The summed E-state index contributed by atoms with van der Waals surface area (Å²) in [5, 5.41) is 1.89. The Bertz CT molecular complexity index is 825. The fraction of sp³-hybridized carbons (Fsp3) is 0.143. The van der Waals surface area contributed by atoms with Crippen molar-refractivity contribution < 1.29 is 14.3 Å². The molecule has 0 unspecified atom stereocenters. The molecule has 5 nitrogen and oxygen atoms in total. The number of imidazole rings is 1. The molecule has 21 heavy (non-hydrogen) atoms. The monoisotopic (exact) mass is 366 g/mol. The number of carbonyl (C=O) groups excluding carboxylic acids is 1. The van der Waals surface area contributed by atoms with E-state index >= 15 is 0 Å². The average Bonchev–Trinajstić information content (AvgIpc) is 3.07. The second-order valence-electron chi connectivity index (χ2n) is 4.21. The Labute approximate surface area is 133 Å². The molecule has 0 aliphatic rings. The molecule has 108 valence electrons. The first kappa shape index (κ1) is 14.1. The molecule has 3 aromatic rings. The maximum absolute atomic E-state index is 11.4. The van der Waals surface area contributed by atoms with Crippen molar-refractivity contribution in [3.63, 3.8) is 0 Å². The Kier molecular flexibility index (Phi) is 3.69. The van der Waals surface area contributed by atoms with Crippen LogP contribution in [0.4, 0.5) is 0 Å². The lowest BCUT2D eigenvalue weighted by molar-refractivity contribution is 0.111. The highest BCUT2D eigenvalue weighted by atomic mass is 79.9. The van der Waals surface area contributed by atoms with Crippen molar-refractivity contribution in [3.8, 4) is 22.8 Å². The van der Waals surface area contributed by atoms with Gasteiger partial charge in [-0.2, -0.15) is 0 Å². The lowest BCUT2D eigenvalue weighted by atomic mass is 10.1. The van der Waals surface area contributed by atoms with Crippen molar-refractivity contribution in [2.24, 2.45) is 0 Å². The number of aldehydes is 1. The van der Waals surface area contributed by atoms with Crippen molar-refractivity contribution in [3.05, 3.63) is 33.9 Å². The maximum Gasteiger partial charge on any atom is 0.194 e. The zero-order valence-corrected chi connectivity index (χ0v) is 13.7. The van der Waals surface area contributed by atoms with Crippen LogP contribution in [0.2, 0.25) is 0 Å². The molecule has 0 fully saturated rings. The molecule has 0 amide bonds. The normalized spacial score (nSPS) is 10.8. The van der Waals surface area contributed by atoms with Crippen LogP contribution in [0.1, 0.15) is 10.5 Å². The SMILES string of the molecule is COc1cc(OC)c(-c2nc3sccn3c2C=O)cc1Br. The summed E-state index contributed by atoms with van der Waals surface area (Å²) in [6.07, 6.45) is 2.63. The number of hydrogen-bond donors (Lipinski definition) is 0. The molecule has 7 heteroatoms. The van der Waals surface area contributed by atoms with Gasteiger partial charge in [-0.15, -0.1) is 11.3 Å². The summed E-state index contributed by atoms with van der Waals surface area (Å²) in [7, 11) is 3.16. The van der Waals surface area contributed by atoms with Gasteiger partial charge in [-0.1, -0.05) is 0 Å². The molecule has 3 rings (SSSR count). The molecule has 0 atom stereocenters. The highest BCUT2D eigenvalue weighted by Gasteiger charge is 2.19. The number of ether oxygens (including phenoxy) is 2. The van der Waals surface area contributed by atoms with Crippen LogP contribution < -0.4 is 9.47 Å². The van der Waals surface area contributed by atoms with Gasteiger partial charge in [0, 0.05) is 23.2 Å². The van der Waals surface area contributed by atoms with Crippen LogP contribution in [0.5, 0.6) is 11.5 Å². The van der Waals surface area contributed by atoms with Gasteiger partial charge in [0.2, 0.25) is 0 Å². The topological polar surface area (TPSA) is 52.8 Å². The van der Waals surface area contributed by atoms with Crippen LogP contribution in [0.3, 0.4) is 0 Å². The molecule has 0 aliphatic heterocycles. The third kappa shape index (κ3) is 2.22. The second kappa shape index (κ2) is 5.50. The lowest BCUT2D eigenvalue weighted by Gasteiger charge is -2.11. The molecule has 2 aromatic heterocycles. The van der Waals surface area contributed by atoms with Crippen LogP contribution >= 0.6 is 27.3 Å². The average molecular weight is 367 g/mol. The molecule has 0 N–H and O–H groups in total. The quantitative estimate of drug-likeness (QED) is 0.661. The van der Waals surface area contributed by atoms with Crippen molar-refractivity contribution in [1.29, 1.82) is 0 Å². The van der Waals surface area contributed by atoms with E-state index in [2.05, 4.69) is 20.9 Å². The molecule has 0 aliphatic carbocycles. The highest BCUT2D eigenvalue weighted by Crippen LogP contribution is 2.39. The third-order valence-electron chi connectivity index (χ3n) is 3.14. The number of aromatic nitrogens is 2. The number of benzene rings is 1. The minimum absolute atomic E-state index is 0.501. The van der Waals surface area contributed by atoms with Gasteiger partial charge in [0.15, 0.2) is 11.2 Å². The van der Waals surface area contributed by atoms with Gasteiger partial charge in [-0.05, 0) is 22.0 Å². The number of rotatable bonds is 4. The zero-order chi connectivity index (χ0) is 15.0. The lowest BCUT2D eigenvalue weighted by Crippen LogP contribution is -1.95. The third-order valence-corrected chi connectivity index (χ3v) is 4.52. The summed E-state index contributed by atoms with van der Waals surface area (Å²) in [6, 6.07) is 3.61. The first-order chi connectivity index (χ1) is 10.2. The number of thiazole rings is 1. The van der Waals surface area contributed by atoms with Gasteiger partial charge in [0.1, 0.15) is 22.9 Å². The Morgan fingerprint density at radius 2 is 2.05 bits per heavy atom. The molecule has 0 saturated carbocycles. The zero-order valence-electron chi connectivity index (χ0n) is 11.3. The van der Waals surface area contributed by atoms with E-state index in [1.165, 1.54) is 11.3 Å². The van der Waals surface area contributed by atoms with E-state index in [4.69, 9.17) is 9.47 Å². The molecule has 0 radical (unpaired) electrons. The van der Waals surface area contributed by atoms with Gasteiger partial charge in [-0.3, -0.25) is 9.20 Å². The predicted octanol–water partition coefficient (Wildman–Crippen LogP) is 3.66. The minimum atomic E-state index is 0.501. The van der Waals surface area contributed by atoms with Crippen LogP contribution in [0.25, 0.3) is 16.2 Å². The van der Waals surface area contributed by atoms with E-state index in [1.807, 2.05) is 17.6 Å². The van der Waals surface area contributed by atoms with Gasteiger partial charge in [0.05, 0.1) is 18.7 Å². The number of carbonyl (C=O) groups is 1. The summed E-state index contributed by atoms with van der Waals surface area (Å²) in [6.45, 7) is 0. The molecular weight excluding hydrogens is 356 g/mol. The van der Waals surface area contributed by atoms with E-state index in [-0.39, 0.29) is 0 Å². The Balaban J connectivity index is 2.29. The fourth-order valence-corrected chi connectivity index (χ4v) is 3.39. The Morgan fingerprint density at radius 3 is 2.71 bits per heavy atom. The van der Waals surface area contributed by atoms with Crippen LogP contribution in [0.15, 0.2) is 28.2 Å². The number of nitrogens with zero attached hydrogens (tertiary/aromatic N) is 2. The van der Waals surface area contributed by atoms with Crippen molar-refractivity contribution in [1.82, 2.24) is 9.38 Å². The van der Waals surface area contributed by atoms with E-state index in [0.717, 1.165) is 21.3 Å². The van der Waals surface area contributed by atoms with Crippen LogP contribution in [0, 0.1) is 0 Å². The summed E-state index contributed by atoms with van der Waals surface area (Å²) >= 11 is 4.92. The maximum atomic E-state index is 11.4. The fourth-order valence-electron chi connectivity index (χ4n) is 2.16. The first-order valence-electron chi connectivity index (χ1n) is 6.02. The number of methoxy groups -OCH3 is 2. The standard InChI is InChI=1S/C14H11BrN2O3S/c1-19-11-6-12(20-2)9(15)5-8(11)13-10(7-18)17-3-4-21-14(17)16-13/h3-7H,1-2H3. The molecule has 2 heterocycles. The number of halogens is 1. The minimum Gasteiger partial charge on any atom is -0.496 e. The van der Waals surface area contributed by atoms with Gasteiger partial charge < -0.3 is 9.47 Å². The Hall–Kier alpha value is -1.86. The summed E-state index contributed by atoms with van der Waals surface area (Å²) in [5.41, 5.74) is 1.84. The molecular formula is C14H11BrN2O3S. The van der Waals surface area contributed by atoms with Crippen LogP contribution in [-0.2, 0) is 0 Å². The van der Waals surface area contributed by atoms with E-state index in [1.54, 1.807) is 24.7 Å². The first-order valence-corrected chi connectivity index (χ1v) is 7.69.